The van der Waals surface area contributed by atoms with Crippen LogP contribution in [0.2, 0.25) is 0 Å². The summed E-state index contributed by atoms with van der Waals surface area (Å²) in [6, 6.07) is 37.4. The molecular weight excluding hydrogens is 486 g/mol. The number of hydrogen-bond acceptors (Lipinski definition) is 1. The van der Waals surface area contributed by atoms with E-state index in [0.29, 0.717) is 0 Å². The van der Waals surface area contributed by atoms with Crippen molar-refractivity contribution in [3.8, 4) is 16.9 Å². The fourth-order valence-electron chi connectivity index (χ4n) is 6.85. The zero-order valence-electron chi connectivity index (χ0n) is 21.9. The van der Waals surface area contributed by atoms with Crippen LogP contribution in [0.25, 0.3) is 77.0 Å². The number of nitrogens with zero attached hydrogens (tertiary/aromatic N) is 3. The molecular formula is C37H25N3. The summed E-state index contributed by atoms with van der Waals surface area (Å²) in [6.07, 6.45) is 11.0. The molecule has 0 amide bonds. The molecule has 0 spiro atoms. The number of aromatic nitrogens is 3. The fourth-order valence-corrected chi connectivity index (χ4v) is 6.85. The Kier molecular flexibility index (Phi) is 4.44. The van der Waals surface area contributed by atoms with Crippen LogP contribution >= 0.6 is 0 Å². The van der Waals surface area contributed by atoms with Crippen molar-refractivity contribution in [1.82, 2.24) is 14.1 Å². The van der Waals surface area contributed by atoms with Gasteiger partial charge in [-0.1, -0.05) is 84.9 Å². The second-order valence-electron chi connectivity index (χ2n) is 10.7. The maximum Gasteiger partial charge on any atom is 0.138 e. The van der Waals surface area contributed by atoms with Gasteiger partial charge in [0, 0.05) is 33.4 Å². The van der Waals surface area contributed by atoms with Crippen LogP contribution in [0.5, 0.6) is 0 Å². The van der Waals surface area contributed by atoms with Gasteiger partial charge in [-0.2, -0.15) is 0 Å². The third kappa shape index (κ3) is 2.92. The van der Waals surface area contributed by atoms with E-state index in [4.69, 9.17) is 4.98 Å². The topological polar surface area (TPSA) is 22.8 Å². The quantitative estimate of drug-likeness (QED) is 0.217. The molecule has 188 valence electrons. The molecule has 1 aliphatic carbocycles. The van der Waals surface area contributed by atoms with Gasteiger partial charge in [-0.25, -0.2) is 4.98 Å². The van der Waals surface area contributed by atoms with E-state index < -0.39 is 0 Å². The first kappa shape index (κ1) is 21.7. The van der Waals surface area contributed by atoms with Crippen molar-refractivity contribution in [1.29, 1.82) is 0 Å². The smallest absolute Gasteiger partial charge is 0.138 e. The van der Waals surface area contributed by atoms with Crippen molar-refractivity contribution < 1.29 is 0 Å². The Morgan fingerprint density at radius 1 is 0.550 bits per heavy atom. The first-order valence-electron chi connectivity index (χ1n) is 14.0. The van der Waals surface area contributed by atoms with Gasteiger partial charge in [0.2, 0.25) is 0 Å². The predicted octanol–water partition coefficient (Wildman–Crippen LogP) is 9.74. The minimum atomic E-state index is 0.935. The summed E-state index contributed by atoms with van der Waals surface area (Å²) in [6.45, 7) is 0. The van der Waals surface area contributed by atoms with E-state index in [0.717, 1.165) is 24.2 Å². The molecule has 1 aliphatic rings. The largest absolute Gasteiger partial charge is 0.309 e. The number of pyridine rings is 1. The van der Waals surface area contributed by atoms with Crippen molar-refractivity contribution in [2.24, 2.45) is 0 Å². The molecule has 0 saturated heterocycles. The molecule has 3 nitrogen and oxygen atoms in total. The van der Waals surface area contributed by atoms with Gasteiger partial charge in [-0.15, -0.1) is 0 Å². The molecule has 0 N–H and O–H groups in total. The number of benzene rings is 5. The first-order chi connectivity index (χ1) is 19.9. The van der Waals surface area contributed by atoms with Gasteiger partial charge in [-0.05, 0) is 71.1 Å². The molecule has 0 radical (unpaired) electrons. The van der Waals surface area contributed by atoms with Gasteiger partial charge >= 0.3 is 0 Å². The molecule has 40 heavy (non-hydrogen) atoms. The zero-order chi connectivity index (χ0) is 26.2. The summed E-state index contributed by atoms with van der Waals surface area (Å²) in [5.41, 5.74) is 8.47. The molecule has 0 bridgehead atoms. The standard InChI is InChI=1S/C37H25N3/c1-3-10-24(11-4-1)26-20-21-38-34(22-26)40-31-17-9-12-25-18-19-29-36-28-15-7-8-16-30(28)39(27-13-5-2-6-14-27)32(36)23-33(40)37(29)35(25)31/h1,3-5,7-23H,2,6H2. The summed E-state index contributed by atoms with van der Waals surface area (Å²) >= 11 is 0. The molecule has 5 aromatic carbocycles. The number of para-hydroxylation sites is 1. The average molecular weight is 512 g/mol. The van der Waals surface area contributed by atoms with Crippen molar-refractivity contribution in [3.63, 3.8) is 0 Å². The molecule has 0 aliphatic heterocycles. The zero-order valence-corrected chi connectivity index (χ0v) is 21.9. The van der Waals surface area contributed by atoms with Gasteiger partial charge in [0.05, 0.1) is 22.1 Å². The van der Waals surface area contributed by atoms with E-state index in [9.17, 15) is 0 Å². The summed E-state index contributed by atoms with van der Waals surface area (Å²) in [5, 5.41) is 7.78. The van der Waals surface area contributed by atoms with Crippen molar-refractivity contribution in [2.45, 2.75) is 12.8 Å². The Balaban J connectivity index is 1.46. The van der Waals surface area contributed by atoms with Crippen LogP contribution < -0.4 is 0 Å². The lowest BCUT2D eigenvalue weighted by Crippen LogP contribution is -1.99. The predicted molar refractivity (Wildman–Crippen MR) is 168 cm³/mol. The van der Waals surface area contributed by atoms with Gasteiger partial charge < -0.3 is 4.57 Å². The van der Waals surface area contributed by atoms with Crippen molar-refractivity contribution in [2.75, 3.05) is 0 Å². The number of hydrogen-bond donors (Lipinski definition) is 0. The molecule has 0 saturated carbocycles. The SMILES string of the molecule is C1=CC(n2c3ccccc3c3c4ccc5cccc6c5c4c(cc32)n6-c2cc(-c3ccccc3)ccn2)=CCC1. The van der Waals surface area contributed by atoms with Crippen LogP contribution in [0.3, 0.4) is 0 Å². The number of fused-ring (bicyclic) bond motifs is 4. The van der Waals surface area contributed by atoms with Gasteiger partial charge in [0.15, 0.2) is 0 Å². The highest BCUT2D eigenvalue weighted by atomic mass is 15.1. The third-order valence-corrected chi connectivity index (χ3v) is 8.53. The molecule has 3 heteroatoms. The van der Waals surface area contributed by atoms with Crippen molar-refractivity contribution >= 4 is 60.1 Å². The number of allylic oxidation sites excluding steroid dienone is 4. The summed E-state index contributed by atoms with van der Waals surface area (Å²) in [7, 11) is 0. The molecule has 3 heterocycles. The van der Waals surface area contributed by atoms with Crippen LogP contribution in [0.4, 0.5) is 0 Å². The molecule has 0 atom stereocenters. The highest BCUT2D eigenvalue weighted by Gasteiger charge is 2.23. The second kappa shape index (κ2) is 8.17. The molecule has 9 rings (SSSR count). The normalized spacial score (nSPS) is 13.8. The van der Waals surface area contributed by atoms with Crippen LogP contribution in [-0.4, -0.2) is 14.1 Å². The Bertz CT molecular complexity index is 2310. The van der Waals surface area contributed by atoms with E-state index in [1.54, 1.807) is 0 Å². The maximum atomic E-state index is 4.94. The van der Waals surface area contributed by atoms with Gasteiger partial charge in [-0.3, -0.25) is 4.57 Å². The van der Waals surface area contributed by atoms with Crippen LogP contribution in [0.15, 0.2) is 128 Å². The first-order valence-corrected chi connectivity index (χ1v) is 14.0. The van der Waals surface area contributed by atoms with Gasteiger partial charge in [0.25, 0.3) is 0 Å². The molecule has 0 fully saturated rings. The van der Waals surface area contributed by atoms with E-state index in [1.807, 2.05) is 6.20 Å². The summed E-state index contributed by atoms with van der Waals surface area (Å²) in [5.74, 6) is 0.935. The van der Waals surface area contributed by atoms with Crippen LogP contribution in [0.1, 0.15) is 12.8 Å². The second-order valence-corrected chi connectivity index (χ2v) is 10.7. The highest BCUT2D eigenvalue weighted by Crippen LogP contribution is 2.45. The van der Waals surface area contributed by atoms with E-state index in [-0.39, 0.29) is 0 Å². The Morgan fingerprint density at radius 3 is 2.30 bits per heavy atom. The average Bonchev–Trinajstić information content (AvgIpc) is 3.54. The third-order valence-electron chi connectivity index (χ3n) is 8.53. The lowest BCUT2D eigenvalue weighted by molar-refractivity contribution is 1.02. The van der Waals surface area contributed by atoms with E-state index in [2.05, 4.69) is 130 Å². The van der Waals surface area contributed by atoms with Crippen LogP contribution in [0, 0.1) is 0 Å². The Labute approximate surface area is 231 Å². The Morgan fingerprint density at radius 2 is 1.40 bits per heavy atom. The Hall–Kier alpha value is -5.15. The van der Waals surface area contributed by atoms with Crippen molar-refractivity contribution in [3.05, 3.63) is 128 Å². The minimum Gasteiger partial charge on any atom is -0.309 e. The number of rotatable bonds is 3. The highest BCUT2D eigenvalue weighted by molar-refractivity contribution is 6.33. The van der Waals surface area contributed by atoms with Crippen LogP contribution in [-0.2, 0) is 0 Å². The van der Waals surface area contributed by atoms with Gasteiger partial charge in [0.1, 0.15) is 5.82 Å². The lowest BCUT2D eigenvalue weighted by atomic mass is 9.98. The van der Waals surface area contributed by atoms with E-state index in [1.165, 1.54) is 65.6 Å². The van der Waals surface area contributed by atoms with E-state index >= 15 is 0 Å². The maximum absolute atomic E-state index is 4.94. The summed E-state index contributed by atoms with van der Waals surface area (Å²) < 4.78 is 4.82. The fraction of sp³-hybridized carbons (Fsp3) is 0.0541. The molecule has 8 aromatic rings. The minimum absolute atomic E-state index is 0.935. The molecule has 3 aromatic heterocycles. The molecule has 0 unspecified atom stereocenters. The lowest BCUT2D eigenvalue weighted by Gasteiger charge is -2.13. The summed E-state index contributed by atoms with van der Waals surface area (Å²) in [4.78, 5) is 4.94. The monoisotopic (exact) mass is 511 g/mol.